The fourth-order valence-corrected chi connectivity index (χ4v) is 22.4. The number of unbranched alkanes of at least 4 members (excludes halogenated alkanes) is 3. The smallest absolute Gasteiger partial charge is 0.450 e. The summed E-state index contributed by atoms with van der Waals surface area (Å²) in [5.74, 6) is -0.812. The molecular formula is C81H87N5O16P4. The molecule has 14 rings (SSSR count). The van der Waals surface area contributed by atoms with Crippen molar-refractivity contribution in [3.63, 3.8) is 0 Å². The Morgan fingerprint density at radius 3 is 0.991 bits per heavy atom. The molecule has 25 heteroatoms. The maximum absolute atomic E-state index is 16.9. The van der Waals surface area contributed by atoms with E-state index < -0.39 is 71.7 Å². The molecule has 4 aliphatic heterocycles. The molecule has 106 heavy (non-hydrogen) atoms. The Kier molecular flexibility index (Phi) is 21.0. The van der Waals surface area contributed by atoms with Crippen molar-refractivity contribution in [2.45, 2.75) is 156 Å². The molecule has 0 radical (unpaired) electrons. The highest BCUT2D eigenvalue weighted by atomic mass is 31.2. The van der Waals surface area contributed by atoms with Gasteiger partial charge in [-0.2, -0.15) is 4.98 Å². The van der Waals surface area contributed by atoms with Gasteiger partial charge in [-0.15, -0.1) is 0 Å². The van der Waals surface area contributed by atoms with E-state index in [4.69, 9.17) is 40.9 Å². The van der Waals surface area contributed by atoms with Gasteiger partial charge in [0.15, 0.2) is 0 Å². The van der Waals surface area contributed by atoms with Crippen LogP contribution >= 0.6 is 30.4 Å². The van der Waals surface area contributed by atoms with Gasteiger partial charge in [0, 0.05) is 115 Å². The Morgan fingerprint density at radius 2 is 0.698 bits per heavy atom. The first-order chi connectivity index (χ1) is 51.1. The minimum Gasteiger partial charge on any atom is -0.450 e. The van der Waals surface area contributed by atoms with Gasteiger partial charge in [0.25, 0.3) is 5.56 Å². The number of H-pyrrole nitrogens is 1. The van der Waals surface area contributed by atoms with Gasteiger partial charge in [-0.05, 0) is 152 Å². The molecule has 1 aromatic heterocycles. The number of carbonyl (C=O) groups is 2. The summed E-state index contributed by atoms with van der Waals surface area (Å²) in [4.78, 5) is 44.7. The van der Waals surface area contributed by atoms with Crippen molar-refractivity contribution < 1.29 is 68.8 Å². The number of carbonyl (C=O) groups excluding carboxylic acids is 2. The lowest BCUT2D eigenvalue weighted by Gasteiger charge is -2.39. The third kappa shape index (κ3) is 14.2. The number of hydrogen-bond donors (Lipinski definition) is 4. The number of anilines is 1. The van der Waals surface area contributed by atoms with Crippen molar-refractivity contribution in [1.82, 2.24) is 20.6 Å². The highest BCUT2D eigenvalue weighted by molar-refractivity contribution is 7.64. The number of nitrogens with one attached hydrogen (secondary N) is 4. The molecule has 552 valence electrons. The second-order valence-corrected chi connectivity index (χ2v) is 35.2. The van der Waals surface area contributed by atoms with Crippen LogP contribution in [0.25, 0.3) is 0 Å². The second kappa shape index (κ2) is 30.4. The minimum atomic E-state index is -4.66. The predicted molar refractivity (Wildman–Crippen MR) is 410 cm³/mol. The van der Waals surface area contributed by atoms with Crippen LogP contribution in [0.5, 0.6) is 46.0 Å². The topological polar surface area (TPSA) is 267 Å². The van der Waals surface area contributed by atoms with Gasteiger partial charge in [-0.1, -0.05) is 126 Å². The van der Waals surface area contributed by atoms with Gasteiger partial charge in [-0.25, -0.2) is 27.8 Å². The number of amides is 3. The number of rotatable bonds is 22. The van der Waals surface area contributed by atoms with E-state index in [1.165, 1.54) is 6.07 Å². The number of aromatic nitrogens is 2. The molecular weight excluding hydrogens is 1420 g/mol. The summed E-state index contributed by atoms with van der Waals surface area (Å²) in [6.07, 6.45) is 6.27. The first-order valence-electron chi connectivity index (χ1n) is 36.6. The number of aryl methyl sites for hydroxylation is 1. The lowest BCUT2D eigenvalue weighted by molar-refractivity contribution is 0.143. The van der Waals surface area contributed by atoms with Crippen LogP contribution in [0, 0.1) is 34.6 Å². The standard InChI is InChI=1S/C81H87N5O16P4/c1-9-29-58-62-45-64-59(30-10-2)66-47-68-61(40-28-43-94-81(89)83-42-27-13-12-26-41-82-80(88)86-79-84-49(4)44-70(87)85-79)69-48-67-60(31-11-3)65-46-63(58)72-51(6)74(65)98-105(92,56-36-22-16-23-37-56)100-76(67)53(8)78(69)102-106(93,57-38-24-17-25-39-57)101-77(68)52(7)75(66)99-104(91,55-34-20-15-21-35-55)97-73(64)50(5)71(62)95-103(90,96-72)54-32-18-14-19-33-54/h14-25,32-39,44-48,58-61H,9-13,26-31,40-43H2,1-8H3,(H,83,89)(H3,82,84,85,86,87,88). The zero-order valence-electron chi connectivity index (χ0n) is 60.6. The zero-order valence-corrected chi connectivity index (χ0v) is 64.2. The molecule has 1 aliphatic carbocycles. The molecule has 8 aromatic carbocycles. The van der Waals surface area contributed by atoms with Crippen LogP contribution in [0.2, 0.25) is 0 Å². The highest BCUT2D eigenvalue weighted by Gasteiger charge is 2.50. The zero-order chi connectivity index (χ0) is 74.2. The van der Waals surface area contributed by atoms with Crippen LogP contribution in [-0.4, -0.2) is 41.8 Å². The van der Waals surface area contributed by atoms with Crippen LogP contribution in [0.3, 0.4) is 0 Å². The molecule has 4 N–H and O–H groups in total. The number of benzene rings is 8. The van der Waals surface area contributed by atoms with E-state index in [0.717, 1.165) is 12.8 Å². The quantitative estimate of drug-likeness (QED) is 0.0363. The Bertz CT molecular complexity index is 4930. The van der Waals surface area contributed by atoms with Crippen molar-refractivity contribution in [1.29, 1.82) is 0 Å². The van der Waals surface area contributed by atoms with Crippen molar-refractivity contribution >= 4 is 69.7 Å². The largest absolute Gasteiger partial charge is 0.462 e. The van der Waals surface area contributed by atoms with Crippen molar-refractivity contribution in [2.24, 2.45) is 0 Å². The third-order valence-electron chi connectivity index (χ3n) is 20.4. The van der Waals surface area contributed by atoms with E-state index in [1.807, 2.05) is 64.1 Å². The van der Waals surface area contributed by atoms with Crippen LogP contribution in [0.15, 0.2) is 156 Å². The lowest BCUT2D eigenvalue weighted by atomic mass is 9.75. The first kappa shape index (κ1) is 73.4. The molecule has 0 fully saturated rings. The van der Waals surface area contributed by atoms with E-state index in [-0.39, 0.29) is 92.6 Å². The lowest BCUT2D eigenvalue weighted by Crippen LogP contribution is -2.31. The van der Waals surface area contributed by atoms with E-state index in [2.05, 4.69) is 58.8 Å². The number of aromatic amines is 1. The molecule has 21 nitrogen and oxygen atoms in total. The summed E-state index contributed by atoms with van der Waals surface area (Å²) in [5, 5.41) is 9.19. The molecule has 9 aromatic rings. The third-order valence-corrected chi connectivity index (χ3v) is 27.5. The van der Waals surface area contributed by atoms with Crippen LogP contribution in [0.4, 0.5) is 15.5 Å². The SMILES string of the molecule is CCCC1c2cc3c4c(C)c2OP(=O)(c2ccccc2)Oc2c1cc1c(c2C)OP(=O)(c2ccccc2)Oc2c(cc5c(c2C)OP(=O)(c2ccccc2)Oc2c(cc(c(c2C)OP(=O)(c2ccccc2)O4)C3CCC)C5CCCOC(=O)NCCCCCCNC(=O)Nc2nc(=O)cc(C)[nH]2)C1CCC. The first-order valence-corrected chi connectivity index (χ1v) is 42.7. The van der Waals surface area contributed by atoms with Gasteiger partial charge in [0.1, 0.15) is 46.0 Å². The maximum atomic E-state index is 16.9. The normalized spacial score (nSPS) is 21.8. The van der Waals surface area contributed by atoms with Crippen molar-refractivity contribution in [3.05, 3.63) is 234 Å². The molecule has 0 saturated carbocycles. The van der Waals surface area contributed by atoms with Gasteiger partial charge < -0.3 is 56.5 Å². The molecule has 8 bridgehead atoms. The van der Waals surface area contributed by atoms with Gasteiger partial charge in [0.2, 0.25) is 5.95 Å². The number of alkyl carbamates (subject to hydrolysis) is 1. The summed E-state index contributed by atoms with van der Waals surface area (Å²) in [6, 6.07) is 44.0. The summed E-state index contributed by atoms with van der Waals surface area (Å²) in [5.41, 5.74) is 6.82. The monoisotopic (exact) mass is 1510 g/mol. The molecule has 5 aliphatic rings. The molecule has 3 amide bonds. The minimum absolute atomic E-state index is 0.0289. The molecule has 4 atom stereocenters. The van der Waals surface area contributed by atoms with Crippen molar-refractivity contribution in [3.8, 4) is 46.0 Å². The van der Waals surface area contributed by atoms with E-state index in [9.17, 15) is 14.4 Å². The predicted octanol–water partition coefficient (Wildman–Crippen LogP) is 18.6. The Hall–Kier alpha value is -9.50. The fraction of sp³-hybridized carbons (Fsp3) is 0.333. The number of nitrogens with zero attached hydrogens (tertiary/aromatic N) is 1. The Morgan fingerprint density at radius 1 is 0.406 bits per heavy atom. The summed E-state index contributed by atoms with van der Waals surface area (Å²) >= 11 is 0. The second-order valence-electron chi connectivity index (χ2n) is 27.7. The van der Waals surface area contributed by atoms with Gasteiger partial charge in [0.05, 0.1) is 27.8 Å². The summed E-state index contributed by atoms with van der Waals surface area (Å²) < 4.78 is 131. The summed E-state index contributed by atoms with van der Waals surface area (Å²) in [7, 11) is -18.5. The average Bonchev–Trinajstić information content (AvgIpc) is 0.709. The Labute approximate surface area is 617 Å². The van der Waals surface area contributed by atoms with Gasteiger partial charge in [-0.3, -0.25) is 10.1 Å². The van der Waals surface area contributed by atoms with Gasteiger partial charge >= 0.3 is 42.5 Å². The molecule has 5 heterocycles. The number of hydrogen-bond acceptors (Lipinski definition) is 17. The molecule has 0 spiro atoms. The van der Waals surface area contributed by atoms with E-state index >= 15 is 18.3 Å². The molecule has 0 saturated heterocycles. The van der Waals surface area contributed by atoms with Crippen LogP contribution in [-0.2, 0) is 23.0 Å². The van der Waals surface area contributed by atoms with Crippen LogP contribution < -0.4 is 78.9 Å². The van der Waals surface area contributed by atoms with E-state index in [1.54, 1.807) is 104 Å². The summed E-state index contributed by atoms with van der Waals surface area (Å²) in [6.45, 7) is 16.0. The fourth-order valence-electron chi connectivity index (χ4n) is 15.3. The number of urea groups is 1. The maximum Gasteiger partial charge on any atom is 0.462 e. The van der Waals surface area contributed by atoms with Crippen molar-refractivity contribution in [2.75, 3.05) is 25.0 Å². The Balaban J connectivity index is 0.969. The number of ether oxygens (including phenoxy) is 1. The highest BCUT2D eigenvalue weighted by Crippen LogP contribution is 2.68. The molecule has 4 unspecified atom stereocenters. The van der Waals surface area contributed by atoms with E-state index in [0.29, 0.717) is 137 Å². The average molecular weight is 1510 g/mol. The van der Waals surface area contributed by atoms with Crippen LogP contribution in [0.1, 0.15) is 194 Å².